The summed E-state index contributed by atoms with van der Waals surface area (Å²) >= 11 is 0. The van der Waals surface area contributed by atoms with Crippen LogP contribution in [0.1, 0.15) is 64.5 Å². The Kier molecular flexibility index (Phi) is 6.65. The number of ether oxygens (including phenoxy) is 1. The van der Waals surface area contributed by atoms with Crippen molar-refractivity contribution < 1.29 is 27.1 Å². The van der Waals surface area contributed by atoms with Crippen LogP contribution >= 0.6 is 0 Å². The van der Waals surface area contributed by atoms with Gasteiger partial charge in [-0.15, -0.1) is 0 Å². The monoisotopic (exact) mass is 424 g/mol. The number of nitrogens with one attached hydrogen (secondary N) is 1. The first kappa shape index (κ1) is 23.5. The highest BCUT2D eigenvalue weighted by Crippen LogP contribution is 2.45. The molecular weight excluding hydrogens is 400 g/mol. The molecule has 1 atom stereocenters. The van der Waals surface area contributed by atoms with Crippen LogP contribution in [0.15, 0.2) is 40.7 Å². The first-order valence-electron chi connectivity index (χ1n) is 9.51. The Morgan fingerprint density at radius 3 is 2.40 bits per heavy atom. The fourth-order valence-corrected chi connectivity index (χ4v) is 3.40. The van der Waals surface area contributed by atoms with Crippen LogP contribution in [0.5, 0.6) is 0 Å². The lowest BCUT2D eigenvalue weighted by atomic mass is 9.78. The first-order chi connectivity index (χ1) is 13.8. The Hall–Kier alpha value is -2.82. The van der Waals surface area contributed by atoms with Gasteiger partial charge in [-0.1, -0.05) is 19.4 Å². The van der Waals surface area contributed by atoms with Crippen molar-refractivity contribution in [2.75, 3.05) is 0 Å². The summed E-state index contributed by atoms with van der Waals surface area (Å²) in [4.78, 5) is 13.1. The maximum Gasteiger partial charge on any atom is 0.416 e. The molecule has 1 aromatic carbocycles. The van der Waals surface area contributed by atoms with Crippen molar-refractivity contribution in [2.45, 2.75) is 65.2 Å². The quantitative estimate of drug-likeness (QED) is 0.496. The molecule has 1 aromatic rings. The number of esters is 1. The molecule has 1 aliphatic heterocycles. The average molecular weight is 424 g/mol. The van der Waals surface area contributed by atoms with Gasteiger partial charge in [0.2, 0.25) is 0 Å². The number of dihydropyridines is 1. The Balaban J connectivity index is 2.84. The molecule has 0 radical (unpaired) electrons. The summed E-state index contributed by atoms with van der Waals surface area (Å²) in [5, 5.41) is 12.7. The molecule has 0 spiro atoms. The van der Waals surface area contributed by atoms with Gasteiger partial charge in [-0.25, -0.2) is 9.18 Å². The summed E-state index contributed by atoms with van der Waals surface area (Å²) in [6.45, 7) is 8.34. The summed E-state index contributed by atoms with van der Waals surface area (Å²) in [6.07, 6.45) is -3.91. The molecule has 0 fully saturated rings. The average Bonchev–Trinajstić information content (AvgIpc) is 2.59. The van der Waals surface area contributed by atoms with Gasteiger partial charge in [-0.2, -0.15) is 18.4 Å². The highest BCUT2D eigenvalue weighted by atomic mass is 19.4. The fraction of sp³-hybridized carbons (Fsp3) is 0.455. The minimum Gasteiger partial charge on any atom is -0.457 e. The van der Waals surface area contributed by atoms with Crippen LogP contribution in [0, 0.1) is 17.1 Å². The number of carbonyl (C=O) groups is 1. The molecule has 1 N–H and O–H groups in total. The van der Waals surface area contributed by atoms with Gasteiger partial charge in [0.15, 0.2) is 0 Å². The number of allylic oxidation sites excluding steroid dienone is 3. The van der Waals surface area contributed by atoms with Crippen LogP contribution in [0.4, 0.5) is 17.6 Å². The molecule has 0 saturated carbocycles. The molecule has 8 heteroatoms. The molecule has 1 unspecified atom stereocenters. The predicted octanol–water partition coefficient (Wildman–Crippen LogP) is 5.72. The molecule has 0 saturated heterocycles. The zero-order chi connectivity index (χ0) is 22.9. The summed E-state index contributed by atoms with van der Waals surface area (Å²) in [6, 6.07) is 4.17. The van der Waals surface area contributed by atoms with Crippen LogP contribution in [-0.4, -0.2) is 11.6 Å². The molecule has 4 nitrogen and oxygen atoms in total. The normalized spacial score (nSPS) is 17.5. The molecular formula is C22H24F4N2O2. The second-order valence-corrected chi connectivity index (χ2v) is 8.08. The van der Waals surface area contributed by atoms with Crippen LogP contribution in [0.3, 0.4) is 0 Å². The van der Waals surface area contributed by atoms with E-state index in [0.29, 0.717) is 30.3 Å². The van der Waals surface area contributed by atoms with E-state index in [-0.39, 0.29) is 16.7 Å². The van der Waals surface area contributed by atoms with Crippen molar-refractivity contribution >= 4 is 5.97 Å². The minimum atomic E-state index is -4.87. The van der Waals surface area contributed by atoms with Crippen molar-refractivity contribution in [2.24, 2.45) is 0 Å². The minimum absolute atomic E-state index is 0.0483. The number of nitrogens with zero attached hydrogens (tertiary/aromatic N) is 1. The summed E-state index contributed by atoms with van der Waals surface area (Å²) < 4.78 is 60.4. The highest BCUT2D eigenvalue weighted by Gasteiger charge is 2.42. The Morgan fingerprint density at radius 1 is 1.27 bits per heavy atom. The molecule has 0 aliphatic carbocycles. The highest BCUT2D eigenvalue weighted by molar-refractivity contribution is 5.93. The largest absolute Gasteiger partial charge is 0.457 e. The van der Waals surface area contributed by atoms with Crippen molar-refractivity contribution in [3.63, 3.8) is 0 Å². The number of benzene rings is 1. The second-order valence-electron chi connectivity index (χ2n) is 8.08. The lowest BCUT2D eigenvalue weighted by Gasteiger charge is -2.32. The molecule has 0 amide bonds. The van der Waals surface area contributed by atoms with Crippen LogP contribution in [0.25, 0.3) is 0 Å². The molecule has 162 valence electrons. The molecule has 30 heavy (non-hydrogen) atoms. The lowest BCUT2D eigenvalue weighted by molar-refractivity contribution is -0.150. The van der Waals surface area contributed by atoms with Gasteiger partial charge < -0.3 is 10.1 Å². The van der Waals surface area contributed by atoms with Crippen molar-refractivity contribution in [3.05, 3.63) is 57.7 Å². The van der Waals surface area contributed by atoms with Crippen molar-refractivity contribution in [3.8, 4) is 6.07 Å². The maximum atomic E-state index is 13.7. The lowest BCUT2D eigenvalue weighted by Crippen LogP contribution is -2.34. The SMILES string of the molecule is CCCC1=C(C(=O)OC(C)(C)C)C(c2ccc(F)cc2C(F)(F)F)C(C#N)=C(C)N1. The smallest absolute Gasteiger partial charge is 0.416 e. The van der Waals surface area contributed by atoms with Gasteiger partial charge in [-0.3, -0.25) is 0 Å². The van der Waals surface area contributed by atoms with E-state index in [1.807, 2.05) is 13.0 Å². The van der Waals surface area contributed by atoms with Gasteiger partial charge in [0, 0.05) is 11.4 Å². The van der Waals surface area contributed by atoms with Gasteiger partial charge in [-0.05, 0) is 51.8 Å². The zero-order valence-corrected chi connectivity index (χ0v) is 17.5. The molecule has 1 heterocycles. The maximum absolute atomic E-state index is 13.7. The Labute approximate surface area is 173 Å². The van der Waals surface area contributed by atoms with E-state index in [2.05, 4.69) is 5.32 Å². The van der Waals surface area contributed by atoms with Crippen LogP contribution in [-0.2, 0) is 15.7 Å². The van der Waals surface area contributed by atoms with E-state index in [4.69, 9.17) is 4.74 Å². The number of hydrogen-bond acceptors (Lipinski definition) is 4. The second kappa shape index (κ2) is 8.50. The third kappa shape index (κ3) is 5.02. The first-order valence-corrected chi connectivity index (χ1v) is 9.51. The summed E-state index contributed by atoms with van der Waals surface area (Å²) in [5.74, 6) is -3.21. The summed E-state index contributed by atoms with van der Waals surface area (Å²) in [5.41, 5.74) is -1.87. The zero-order valence-electron chi connectivity index (χ0n) is 17.5. The van der Waals surface area contributed by atoms with Gasteiger partial charge in [0.1, 0.15) is 11.4 Å². The fourth-order valence-electron chi connectivity index (χ4n) is 3.40. The van der Waals surface area contributed by atoms with Crippen molar-refractivity contribution in [1.82, 2.24) is 5.32 Å². The van der Waals surface area contributed by atoms with Gasteiger partial charge >= 0.3 is 12.1 Å². The topological polar surface area (TPSA) is 62.1 Å². The number of rotatable bonds is 4. The van der Waals surface area contributed by atoms with Crippen LogP contribution in [0.2, 0.25) is 0 Å². The summed E-state index contributed by atoms with van der Waals surface area (Å²) in [7, 11) is 0. The number of alkyl halides is 3. The number of halogens is 4. The molecule has 0 bridgehead atoms. The standard InChI is InChI=1S/C22H24F4N2O2/c1-6-7-17-19(20(29)30-21(3,4)5)18(15(11-27)12(2)28-17)14-9-8-13(23)10-16(14)22(24,25)26/h8-10,18,28H,6-7H2,1-5H3. The number of nitriles is 1. The molecule has 0 aromatic heterocycles. The van der Waals surface area contributed by atoms with Gasteiger partial charge in [0.25, 0.3) is 0 Å². The number of hydrogen-bond donors (Lipinski definition) is 1. The van der Waals surface area contributed by atoms with E-state index in [9.17, 15) is 27.6 Å². The van der Waals surface area contributed by atoms with Crippen molar-refractivity contribution in [1.29, 1.82) is 5.26 Å². The van der Waals surface area contributed by atoms with E-state index in [1.54, 1.807) is 27.7 Å². The van der Waals surface area contributed by atoms with E-state index in [1.165, 1.54) is 0 Å². The molecule has 1 aliphatic rings. The van der Waals surface area contributed by atoms with Crippen LogP contribution < -0.4 is 5.32 Å². The Morgan fingerprint density at radius 2 is 1.90 bits per heavy atom. The van der Waals surface area contributed by atoms with E-state index >= 15 is 0 Å². The predicted molar refractivity (Wildman–Crippen MR) is 103 cm³/mol. The third-order valence-corrected chi connectivity index (χ3v) is 4.52. The van der Waals surface area contributed by atoms with Gasteiger partial charge in [0.05, 0.1) is 28.7 Å². The number of carbonyl (C=O) groups excluding carboxylic acids is 1. The third-order valence-electron chi connectivity index (χ3n) is 4.52. The van der Waals surface area contributed by atoms with E-state index < -0.39 is 35.0 Å². The van der Waals surface area contributed by atoms with E-state index in [0.717, 1.165) is 12.1 Å². The molecule has 2 rings (SSSR count). The Bertz CT molecular complexity index is 947.